The van der Waals surface area contributed by atoms with Crippen molar-refractivity contribution in [2.75, 3.05) is 13.2 Å². The van der Waals surface area contributed by atoms with E-state index in [1.54, 1.807) is 20.8 Å². The Morgan fingerprint density at radius 2 is 1.52 bits per heavy atom. The van der Waals surface area contributed by atoms with Crippen molar-refractivity contribution in [2.45, 2.75) is 33.6 Å². The number of carbonyl (C=O) groups is 4. The van der Waals surface area contributed by atoms with Crippen LogP contribution in [-0.4, -0.2) is 36.9 Å². The standard InChI is InChI=1S/C16H20O7/c1-5-21-13(20)23-9-8-22-12(19)16(4)14(2)6-7-15(16,3)11(18)10(14)17/h5H,1,6-9H2,2-4H3. The van der Waals surface area contributed by atoms with Gasteiger partial charge in [0.05, 0.1) is 22.5 Å². The van der Waals surface area contributed by atoms with Crippen LogP contribution in [0.15, 0.2) is 12.8 Å². The molecule has 2 atom stereocenters. The molecule has 0 heterocycles. The maximum atomic E-state index is 12.6. The summed E-state index contributed by atoms with van der Waals surface area (Å²) in [6.07, 6.45) is 0.918. The smallest absolute Gasteiger partial charge is 0.462 e. The van der Waals surface area contributed by atoms with Crippen LogP contribution in [0.3, 0.4) is 0 Å². The quantitative estimate of drug-likeness (QED) is 0.329. The first kappa shape index (κ1) is 17.2. The van der Waals surface area contributed by atoms with Crippen LogP contribution in [0.25, 0.3) is 0 Å². The molecule has 2 aliphatic carbocycles. The van der Waals surface area contributed by atoms with Gasteiger partial charge in [-0.2, -0.15) is 0 Å². The van der Waals surface area contributed by atoms with E-state index in [2.05, 4.69) is 16.1 Å². The average Bonchev–Trinajstić information content (AvgIpc) is 2.78. The lowest BCUT2D eigenvalue weighted by atomic mass is 9.64. The number of fused-ring (bicyclic) bond motifs is 2. The summed E-state index contributed by atoms with van der Waals surface area (Å²) >= 11 is 0. The maximum Gasteiger partial charge on any atom is 0.513 e. The highest BCUT2D eigenvalue weighted by Gasteiger charge is 2.78. The van der Waals surface area contributed by atoms with Crippen molar-refractivity contribution in [1.82, 2.24) is 0 Å². The summed E-state index contributed by atoms with van der Waals surface area (Å²) < 4.78 is 14.2. The van der Waals surface area contributed by atoms with Gasteiger partial charge in [0.1, 0.15) is 13.2 Å². The van der Waals surface area contributed by atoms with Gasteiger partial charge < -0.3 is 14.2 Å². The lowest BCUT2D eigenvalue weighted by Crippen LogP contribution is -2.46. The van der Waals surface area contributed by atoms with Crippen LogP contribution < -0.4 is 0 Å². The average molecular weight is 324 g/mol. The minimum atomic E-state index is -1.21. The molecule has 2 aliphatic rings. The summed E-state index contributed by atoms with van der Waals surface area (Å²) in [6.45, 7) is 7.72. The first-order chi connectivity index (χ1) is 10.6. The molecule has 2 rings (SSSR count). The largest absolute Gasteiger partial charge is 0.513 e. The molecule has 7 nitrogen and oxygen atoms in total. The predicted octanol–water partition coefficient (Wildman–Crippen LogP) is 1.79. The third-order valence-electron chi connectivity index (χ3n) is 5.66. The SMILES string of the molecule is C=COC(=O)OCCOC(=O)C1(C)C2(C)CCC1(C)C(=O)C2=O. The number of ether oxygens (including phenoxy) is 3. The van der Waals surface area contributed by atoms with Crippen molar-refractivity contribution in [2.24, 2.45) is 16.2 Å². The summed E-state index contributed by atoms with van der Waals surface area (Å²) in [5.41, 5.74) is -3.30. The van der Waals surface area contributed by atoms with Gasteiger partial charge in [0.15, 0.2) is 0 Å². The Bertz CT molecular complexity index is 565. The molecule has 0 aromatic rings. The van der Waals surface area contributed by atoms with Crippen LogP contribution in [0.4, 0.5) is 4.79 Å². The lowest BCUT2D eigenvalue weighted by Gasteiger charge is -2.36. The van der Waals surface area contributed by atoms with E-state index in [1.165, 1.54) is 0 Å². The molecule has 0 aliphatic heterocycles. The van der Waals surface area contributed by atoms with Crippen molar-refractivity contribution in [3.63, 3.8) is 0 Å². The molecule has 2 unspecified atom stereocenters. The van der Waals surface area contributed by atoms with Crippen LogP contribution in [0.2, 0.25) is 0 Å². The normalized spacial score (nSPS) is 35.1. The fourth-order valence-corrected chi connectivity index (χ4v) is 3.75. The number of rotatable bonds is 5. The van der Waals surface area contributed by atoms with E-state index in [1.807, 2.05) is 0 Å². The van der Waals surface area contributed by atoms with Gasteiger partial charge in [-0.25, -0.2) is 4.79 Å². The Labute approximate surface area is 133 Å². The summed E-state index contributed by atoms with van der Waals surface area (Å²) in [6, 6.07) is 0. The lowest BCUT2D eigenvalue weighted by molar-refractivity contribution is -0.168. The number of Topliss-reactive ketones (excluding diaryl/α,β-unsaturated/α-hetero) is 2. The molecule has 2 saturated carbocycles. The van der Waals surface area contributed by atoms with Gasteiger partial charge >= 0.3 is 12.1 Å². The number of esters is 1. The van der Waals surface area contributed by atoms with E-state index in [0.29, 0.717) is 12.8 Å². The van der Waals surface area contributed by atoms with E-state index in [9.17, 15) is 19.2 Å². The third kappa shape index (κ3) is 2.09. The minimum absolute atomic E-state index is 0.185. The first-order valence-electron chi connectivity index (χ1n) is 7.36. The number of hydrogen-bond acceptors (Lipinski definition) is 7. The monoisotopic (exact) mass is 324 g/mol. The van der Waals surface area contributed by atoms with Crippen molar-refractivity contribution in [3.8, 4) is 0 Å². The Hall–Kier alpha value is -2.18. The second kappa shape index (κ2) is 5.47. The topological polar surface area (TPSA) is 96.0 Å². The van der Waals surface area contributed by atoms with Crippen molar-refractivity contribution in [1.29, 1.82) is 0 Å². The van der Waals surface area contributed by atoms with E-state index < -0.39 is 39.9 Å². The first-order valence-corrected chi connectivity index (χ1v) is 7.36. The zero-order valence-corrected chi connectivity index (χ0v) is 13.5. The highest BCUT2D eigenvalue weighted by molar-refractivity contribution is 6.45. The molecular formula is C16H20O7. The van der Waals surface area contributed by atoms with Gasteiger partial charge in [-0.3, -0.25) is 14.4 Å². The van der Waals surface area contributed by atoms with Gasteiger partial charge in [-0.15, -0.1) is 0 Å². The van der Waals surface area contributed by atoms with Gasteiger partial charge in [-0.1, -0.05) is 20.4 Å². The highest BCUT2D eigenvalue weighted by Crippen LogP contribution is 2.69. The molecule has 2 fully saturated rings. The fourth-order valence-electron chi connectivity index (χ4n) is 3.75. The molecule has 23 heavy (non-hydrogen) atoms. The number of carbonyl (C=O) groups excluding carboxylic acids is 4. The molecule has 0 amide bonds. The fraction of sp³-hybridized carbons (Fsp3) is 0.625. The molecule has 0 radical (unpaired) electrons. The van der Waals surface area contributed by atoms with E-state index >= 15 is 0 Å². The molecule has 7 heteroatoms. The summed E-state index contributed by atoms with van der Waals surface area (Å²) in [5.74, 6) is -1.63. The second-order valence-electron chi connectivity index (χ2n) is 6.47. The molecule has 126 valence electrons. The van der Waals surface area contributed by atoms with Crippen LogP contribution in [0.5, 0.6) is 0 Å². The zero-order valence-electron chi connectivity index (χ0n) is 13.5. The molecular weight excluding hydrogens is 304 g/mol. The summed E-state index contributed by atoms with van der Waals surface area (Å²) in [5, 5.41) is 0. The third-order valence-corrected chi connectivity index (χ3v) is 5.66. The van der Waals surface area contributed by atoms with Crippen molar-refractivity contribution < 1.29 is 33.4 Å². The van der Waals surface area contributed by atoms with Crippen LogP contribution >= 0.6 is 0 Å². The summed E-state index contributed by atoms with van der Waals surface area (Å²) in [4.78, 5) is 48.1. The van der Waals surface area contributed by atoms with Crippen LogP contribution in [0, 0.1) is 16.2 Å². The molecule has 0 saturated heterocycles. The maximum absolute atomic E-state index is 12.6. The van der Waals surface area contributed by atoms with Gasteiger partial charge in [0, 0.05) is 0 Å². The van der Waals surface area contributed by atoms with Gasteiger partial charge in [0.25, 0.3) is 0 Å². The predicted molar refractivity (Wildman–Crippen MR) is 77.2 cm³/mol. The molecule has 0 spiro atoms. The van der Waals surface area contributed by atoms with Crippen molar-refractivity contribution in [3.05, 3.63) is 12.8 Å². The highest BCUT2D eigenvalue weighted by atomic mass is 16.7. The molecule has 0 N–H and O–H groups in total. The van der Waals surface area contributed by atoms with Gasteiger partial charge in [-0.05, 0) is 19.8 Å². The van der Waals surface area contributed by atoms with E-state index in [0.717, 1.165) is 6.26 Å². The van der Waals surface area contributed by atoms with Gasteiger partial charge in [0.2, 0.25) is 11.6 Å². The zero-order chi connectivity index (χ0) is 17.5. The van der Waals surface area contributed by atoms with E-state index in [4.69, 9.17) is 4.74 Å². The van der Waals surface area contributed by atoms with Crippen LogP contribution in [0.1, 0.15) is 33.6 Å². The Morgan fingerprint density at radius 3 is 2.00 bits per heavy atom. The van der Waals surface area contributed by atoms with E-state index in [-0.39, 0.29) is 13.2 Å². The Balaban J connectivity index is 2.05. The number of hydrogen-bond donors (Lipinski definition) is 0. The Morgan fingerprint density at radius 1 is 1.04 bits per heavy atom. The molecule has 2 bridgehead atoms. The summed E-state index contributed by atoms with van der Waals surface area (Å²) in [7, 11) is 0. The Kier molecular flexibility index (Phi) is 4.09. The van der Waals surface area contributed by atoms with Crippen LogP contribution in [-0.2, 0) is 28.6 Å². The number of ketones is 2. The molecule has 0 aromatic carbocycles. The second-order valence-corrected chi connectivity index (χ2v) is 6.47. The van der Waals surface area contributed by atoms with Crippen molar-refractivity contribution >= 4 is 23.7 Å². The molecule has 0 aromatic heterocycles. The minimum Gasteiger partial charge on any atom is -0.462 e.